The summed E-state index contributed by atoms with van der Waals surface area (Å²) in [5.41, 5.74) is 2.41. The predicted octanol–water partition coefficient (Wildman–Crippen LogP) is 3.05. The molecule has 2 aromatic rings. The lowest BCUT2D eigenvalue weighted by molar-refractivity contribution is 0.125. The Hall–Kier alpha value is -1.96. The number of hydrogen-bond acceptors (Lipinski definition) is 5. The number of ether oxygens (including phenoxy) is 1. The second-order valence-electron chi connectivity index (χ2n) is 7.50. The number of likely N-dealkylation sites (tertiary alicyclic amines) is 1. The molecule has 3 rings (SSSR count). The van der Waals surface area contributed by atoms with Crippen LogP contribution >= 0.6 is 11.3 Å². The second-order valence-corrected chi connectivity index (χ2v) is 8.56. The van der Waals surface area contributed by atoms with Gasteiger partial charge in [0.25, 0.3) is 0 Å². The van der Waals surface area contributed by atoms with E-state index in [1.54, 1.807) is 11.3 Å². The Labute approximate surface area is 178 Å². The number of rotatable bonds is 9. The Morgan fingerprint density at radius 2 is 2.03 bits per heavy atom. The van der Waals surface area contributed by atoms with Crippen LogP contribution in [0.25, 0.3) is 0 Å². The van der Waals surface area contributed by atoms with Crippen molar-refractivity contribution in [2.24, 2.45) is 10.9 Å². The number of guanidine groups is 1. The van der Waals surface area contributed by atoms with Gasteiger partial charge in [0.05, 0.1) is 23.9 Å². The molecule has 2 heterocycles. The Bertz CT molecular complexity index is 741. The van der Waals surface area contributed by atoms with Crippen LogP contribution in [0.2, 0.25) is 0 Å². The van der Waals surface area contributed by atoms with Crippen LogP contribution in [-0.4, -0.2) is 55.7 Å². The van der Waals surface area contributed by atoms with E-state index in [-0.39, 0.29) is 0 Å². The number of aliphatic imine (C=N–C) groups is 1. The summed E-state index contributed by atoms with van der Waals surface area (Å²) < 4.78 is 5.72. The van der Waals surface area contributed by atoms with Crippen LogP contribution in [0.3, 0.4) is 0 Å². The van der Waals surface area contributed by atoms with Gasteiger partial charge in [0, 0.05) is 32.1 Å². The average molecular weight is 416 g/mol. The molecular weight excluding hydrogens is 382 g/mol. The molecule has 1 saturated heterocycles. The smallest absolute Gasteiger partial charge is 0.191 e. The Balaban J connectivity index is 1.26. The number of nitrogens with zero attached hydrogens (tertiary/aromatic N) is 3. The van der Waals surface area contributed by atoms with Crippen molar-refractivity contribution in [1.29, 1.82) is 0 Å². The van der Waals surface area contributed by atoms with Crippen LogP contribution in [0, 0.1) is 12.8 Å². The number of aryl methyl sites for hydroxylation is 1. The van der Waals surface area contributed by atoms with Gasteiger partial charge in [-0.3, -0.25) is 9.89 Å². The van der Waals surface area contributed by atoms with E-state index >= 15 is 0 Å². The van der Waals surface area contributed by atoms with Gasteiger partial charge in [-0.1, -0.05) is 30.3 Å². The lowest BCUT2D eigenvalue weighted by atomic mass is 9.97. The number of nitrogens with one attached hydrogen (secondary N) is 2. The molecule has 6 nitrogen and oxygen atoms in total. The van der Waals surface area contributed by atoms with Crippen LogP contribution in [0.4, 0.5) is 0 Å². The van der Waals surface area contributed by atoms with Crippen molar-refractivity contribution in [2.75, 3.05) is 39.8 Å². The monoisotopic (exact) mass is 415 g/mol. The maximum Gasteiger partial charge on any atom is 0.191 e. The third-order valence-electron chi connectivity index (χ3n) is 5.19. The minimum atomic E-state index is 0.646. The lowest BCUT2D eigenvalue weighted by Gasteiger charge is -2.31. The standard InChI is InChI=1S/C22H33N5OS/c1-18-26-21(17-29-18)15-27-11-8-19(9-12-27)14-25-22(23-2)24-10-13-28-16-20-6-4-3-5-7-20/h3-7,17,19H,8-16H2,1-2H3,(H2,23,24,25). The summed E-state index contributed by atoms with van der Waals surface area (Å²) in [6.45, 7) is 8.35. The van der Waals surface area contributed by atoms with Gasteiger partial charge in [-0.25, -0.2) is 4.98 Å². The van der Waals surface area contributed by atoms with Crippen molar-refractivity contribution in [3.8, 4) is 0 Å². The summed E-state index contributed by atoms with van der Waals surface area (Å²) in [6, 6.07) is 10.3. The molecule has 0 saturated carbocycles. The molecule has 1 aliphatic rings. The lowest BCUT2D eigenvalue weighted by Crippen LogP contribution is -2.43. The summed E-state index contributed by atoms with van der Waals surface area (Å²) >= 11 is 1.74. The van der Waals surface area contributed by atoms with Crippen molar-refractivity contribution >= 4 is 17.3 Å². The normalized spacial score (nSPS) is 16.1. The summed E-state index contributed by atoms with van der Waals surface area (Å²) in [5.74, 6) is 1.55. The first-order valence-electron chi connectivity index (χ1n) is 10.4. The van der Waals surface area contributed by atoms with Gasteiger partial charge in [0.2, 0.25) is 0 Å². The SMILES string of the molecule is CN=C(NCCOCc1ccccc1)NCC1CCN(Cc2csc(C)n2)CC1. The maximum atomic E-state index is 5.72. The Kier molecular flexibility index (Phi) is 8.92. The fourth-order valence-corrected chi connectivity index (χ4v) is 4.13. The second kappa shape index (κ2) is 11.9. The molecule has 29 heavy (non-hydrogen) atoms. The molecule has 7 heteroatoms. The van der Waals surface area contributed by atoms with Gasteiger partial charge >= 0.3 is 0 Å². The zero-order valence-electron chi connectivity index (χ0n) is 17.6. The molecule has 0 amide bonds. The Morgan fingerprint density at radius 1 is 1.24 bits per heavy atom. The largest absolute Gasteiger partial charge is 0.375 e. The number of piperidine rings is 1. The van der Waals surface area contributed by atoms with E-state index in [0.29, 0.717) is 19.1 Å². The highest BCUT2D eigenvalue weighted by atomic mass is 32.1. The number of benzene rings is 1. The van der Waals surface area contributed by atoms with Crippen LogP contribution in [0.15, 0.2) is 40.7 Å². The van der Waals surface area contributed by atoms with Crippen LogP contribution in [0.5, 0.6) is 0 Å². The Morgan fingerprint density at radius 3 is 2.72 bits per heavy atom. The van der Waals surface area contributed by atoms with E-state index in [1.165, 1.54) is 24.1 Å². The molecule has 0 radical (unpaired) electrons. The summed E-state index contributed by atoms with van der Waals surface area (Å²) in [5, 5.41) is 10.1. The third-order valence-corrected chi connectivity index (χ3v) is 6.01. The topological polar surface area (TPSA) is 61.8 Å². The van der Waals surface area contributed by atoms with Crippen molar-refractivity contribution < 1.29 is 4.74 Å². The van der Waals surface area contributed by atoms with Crippen LogP contribution < -0.4 is 10.6 Å². The minimum absolute atomic E-state index is 0.646. The quantitative estimate of drug-likeness (QED) is 0.374. The molecule has 0 atom stereocenters. The molecular formula is C22H33N5OS. The van der Waals surface area contributed by atoms with Gasteiger partial charge in [0.15, 0.2) is 5.96 Å². The highest BCUT2D eigenvalue weighted by molar-refractivity contribution is 7.09. The molecule has 1 aliphatic heterocycles. The maximum absolute atomic E-state index is 5.72. The van der Waals surface area contributed by atoms with Gasteiger partial charge in [-0.05, 0) is 44.3 Å². The third kappa shape index (κ3) is 7.76. The molecule has 0 spiro atoms. The summed E-state index contributed by atoms with van der Waals surface area (Å²) in [7, 11) is 1.82. The number of thiazole rings is 1. The van der Waals surface area contributed by atoms with E-state index in [4.69, 9.17) is 4.74 Å². The predicted molar refractivity (Wildman–Crippen MR) is 120 cm³/mol. The molecule has 1 aromatic carbocycles. The molecule has 0 aliphatic carbocycles. The molecule has 1 fully saturated rings. The molecule has 0 unspecified atom stereocenters. The molecule has 1 aromatic heterocycles. The van der Waals surface area contributed by atoms with Gasteiger partial charge in [0.1, 0.15) is 0 Å². The highest BCUT2D eigenvalue weighted by Crippen LogP contribution is 2.19. The minimum Gasteiger partial charge on any atom is -0.375 e. The highest BCUT2D eigenvalue weighted by Gasteiger charge is 2.20. The van der Waals surface area contributed by atoms with Crippen LogP contribution in [-0.2, 0) is 17.9 Å². The van der Waals surface area contributed by atoms with E-state index in [1.807, 2.05) is 25.2 Å². The van der Waals surface area contributed by atoms with E-state index < -0.39 is 0 Å². The first-order valence-corrected chi connectivity index (χ1v) is 11.3. The molecule has 158 valence electrons. The zero-order chi connectivity index (χ0) is 20.3. The number of hydrogen-bond donors (Lipinski definition) is 2. The summed E-state index contributed by atoms with van der Waals surface area (Å²) in [4.78, 5) is 11.4. The summed E-state index contributed by atoms with van der Waals surface area (Å²) in [6.07, 6.45) is 2.43. The van der Waals surface area contributed by atoms with E-state index in [9.17, 15) is 0 Å². The van der Waals surface area contributed by atoms with E-state index in [0.717, 1.165) is 43.7 Å². The van der Waals surface area contributed by atoms with Crippen molar-refractivity contribution in [3.63, 3.8) is 0 Å². The van der Waals surface area contributed by atoms with Crippen molar-refractivity contribution in [1.82, 2.24) is 20.5 Å². The zero-order valence-corrected chi connectivity index (χ0v) is 18.4. The fourth-order valence-electron chi connectivity index (χ4n) is 3.53. The molecule has 0 bridgehead atoms. The average Bonchev–Trinajstić information content (AvgIpc) is 3.16. The van der Waals surface area contributed by atoms with Gasteiger partial charge in [-0.2, -0.15) is 0 Å². The fraction of sp³-hybridized carbons (Fsp3) is 0.545. The van der Waals surface area contributed by atoms with E-state index in [2.05, 4.69) is 49.9 Å². The first-order chi connectivity index (χ1) is 14.2. The van der Waals surface area contributed by atoms with Crippen molar-refractivity contribution in [2.45, 2.75) is 32.9 Å². The van der Waals surface area contributed by atoms with Gasteiger partial charge in [-0.15, -0.1) is 11.3 Å². The number of aromatic nitrogens is 1. The van der Waals surface area contributed by atoms with Crippen molar-refractivity contribution in [3.05, 3.63) is 52.0 Å². The first kappa shape index (κ1) is 21.7. The van der Waals surface area contributed by atoms with Crippen LogP contribution in [0.1, 0.15) is 29.1 Å². The van der Waals surface area contributed by atoms with Gasteiger partial charge < -0.3 is 15.4 Å². The molecule has 2 N–H and O–H groups in total.